The van der Waals surface area contributed by atoms with Crippen molar-refractivity contribution in [2.24, 2.45) is 16.1 Å². The van der Waals surface area contributed by atoms with Crippen LogP contribution in [0.2, 0.25) is 0 Å². The molecule has 1 aromatic carbocycles. The normalized spacial score (nSPS) is 20.6. The summed E-state index contributed by atoms with van der Waals surface area (Å²) in [6.07, 6.45) is 6.10. The molecule has 3 rings (SSSR count). The summed E-state index contributed by atoms with van der Waals surface area (Å²) in [5, 5.41) is 0. The van der Waals surface area contributed by atoms with Crippen LogP contribution in [0, 0.1) is 11.2 Å². The van der Waals surface area contributed by atoms with E-state index in [-0.39, 0.29) is 11.2 Å². The maximum atomic E-state index is 13.1. The molecule has 2 fully saturated rings. The Hall–Kier alpha value is -1.82. The zero-order valence-corrected chi connectivity index (χ0v) is 15.8. The van der Waals surface area contributed by atoms with Crippen LogP contribution in [0.4, 0.5) is 10.1 Å². The molecule has 0 spiro atoms. The highest BCUT2D eigenvalue weighted by Crippen LogP contribution is 2.41. The number of benzene rings is 1. The Morgan fingerprint density at radius 3 is 2.42 bits per heavy atom. The first-order valence-electron chi connectivity index (χ1n) is 9.66. The lowest BCUT2D eigenvalue weighted by molar-refractivity contribution is 0.141. The minimum absolute atomic E-state index is 0.196. The van der Waals surface area contributed by atoms with E-state index in [1.807, 2.05) is 12.1 Å². The number of ether oxygens (including phenoxy) is 1. The van der Waals surface area contributed by atoms with Gasteiger partial charge >= 0.3 is 0 Å². The third kappa shape index (κ3) is 4.67. The van der Waals surface area contributed by atoms with Gasteiger partial charge in [-0.15, -0.1) is 0 Å². The Bertz CT molecular complexity index is 590. The quantitative estimate of drug-likeness (QED) is 0.625. The molecule has 1 saturated heterocycles. The zero-order chi connectivity index (χ0) is 18.4. The van der Waals surface area contributed by atoms with Gasteiger partial charge < -0.3 is 20.3 Å². The van der Waals surface area contributed by atoms with E-state index in [1.54, 1.807) is 7.11 Å². The van der Waals surface area contributed by atoms with Crippen LogP contribution in [0.1, 0.15) is 32.1 Å². The number of guanidine groups is 1. The van der Waals surface area contributed by atoms with Gasteiger partial charge in [0.2, 0.25) is 0 Å². The molecule has 0 radical (unpaired) electrons. The summed E-state index contributed by atoms with van der Waals surface area (Å²) < 4.78 is 18.4. The molecule has 1 aromatic rings. The van der Waals surface area contributed by atoms with Crippen molar-refractivity contribution in [2.45, 2.75) is 32.1 Å². The first-order valence-corrected chi connectivity index (χ1v) is 9.66. The van der Waals surface area contributed by atoms with Gasteiger partial charge in [-0.3, -0.25) is 4.99 Å². The summed E-state index contributed by atoms with van der Waals surface area (Å²) in [4.78, 5) is 9.19. The van der Waals surface area contributed by atoms with E-state index in [4.69, 9.17) is 15.5 Å². The number of hydrogen-bond acceptors (Lipinski definition) is 3. The summed E-state index contributed by atoms with van der Waals surface area (Å²) in [5.74, 6) is 0.463. The smallest absolute Gasteiger partial charge is 0.191 e. The Kier molecular flexibility index (Phi) is 6.35. The Balaban J connectivity index is 1.53. The minimum atomic E-state index is -0.196. The van der Waals surface area contributed by atoms with Crippen molar-refractivity contribution in [3.8, 4) is 0 Å². The summed E-state index contributed by atoms with van der Waals surface area (Å²) in [6.45, 7) is 5.04. The fraction of sp³-hybridized carbons (Fsp3) is 0.650. The predicted octanol–water partition coefficient (Wildman–Crippen LogP) is 2.86. The van der Waals surface area contributed by atoms with Crippen LogP contribution in [0.3, 0.4) is 0 Å². The first kappa shape index (κ1) is 19.0. The van der Waals surface area contributed by atoms with Crippen molar-refractivity contribution in [2.75, 3.05) is 51.3 Å². The highest BCUT2D eigenvalue weighted by atomic mass is 19.1. The van der Waals surface area contributed by atoms with E-state index in [9.17, 15) is 4.39 Å². The van der Waals surface area contributed by atoms with Crippen molar-refractivity contribution in [3.05, 3.63) is 30.1 Å². The number of anilines is 1. The lowest BCUT2D eigenvalue weighted by Gasteiger charge is -2.37. The summed E-state index contributed by atoms with van der Waals surface area (Å²) in [7, 11) is 1.76. The third-order valence-corrected chi connectivity index (χ3v) is 5.87. The standard InChI is InChI=1S/C20H31FN4O/c1-26-15-10-20(8-2-3-9-20)16-23-19(22)25-13-11-24(12-14-25)18-6-4-17(21)5-7-18/h4-7H,2-3,8-16H2,1H3,(H2,22,23). The predicted molar refractivity (Wildman–Crippen MR) is 104 cm³/mol. The van der Waals surface area contributed by atoms with Gasteiger partial charge in [-0.25, -0.2) is 4.39 Å². The topological polar surface area (TPSA) is 54.1 Å². The molecule has 5 nitrogen and oxygen atoms in total. The van der Waals surface area contributed by atoms with Gasteiger partial charge in [-0.1, -0.05) is 12.8 Å². The Labute approximate surface area is 156 Å². The lowest BCUT2D eigenvalue weighted by atomic mass is 9.83. The molecule has 144 valence electrons. The van der Waals surface area contributed by atoms with Crippen LogP contribution in [0.25, 0.3) is 0 Å². The molecule has 0 aromatic heterocycles. The van der Waals surface area contributed by atoms with Gasteiger partial charge in [-0.2, -0.15) is 0 Å². The van der Waals surface area contributed by atoms with Crippen LogP contribution in [0.5, 0.6) is 0 Å². The van der Waals surface area contributed by atoms with Crippen molar-refractivity contribution in [1.82, 2.24) is 4.90 Å². The monoisotopic (exact) mass is 362 g/mol. The van der Waals surface area contributed by atoms with Crippen LogP contribution in [-0.2, 0) is 4.74 Å². The van der Waals surface area contributed by atoms with Crippen LogP contribution in [-0.4, -0.2) is 57.3 Å². The van der Waals surface area contributed by atoms with Gasteiger partial charge in [0.15, 0.2) is 5.96 Å². The number of nitrogens with zero attached hydrogens (tertiary/aromatic N) is 3. The molecular formula is C20H31FN4O. The summed E-state index contributed by atoms with van der Waals surface area (Å²) in [5.41, 5.74) is 7.63. The molecule has 1 saturated carbocycles. The molecule has 26 heavy (non-hydrogen) atoms. The van der Waals surface area contributed by atoms with Crippen LogP contribution in [0.15, 0.2) is 29.3 Å². The number of nitrogens with two attached hydrogens (primary N) is 1. The largest absolute Gasteiger partial charge is 0.385 e. The minimum Gasteiger partial charge on any atom is -0.385 e. The van der Waals surface area contributed by atoms with E-state index in [1.165, 1.54) is 37.8 Å². The first-order chi connectivity index (χ1) is 12.6. The second-order valence-corrected chi connectivity index (χ2v) is 7.57. The van der Waals surface area contributed by atoms with Gasteiger partial charge in [-0.05, 0) is 48.9 Å². The molecular weight excluding hydrogens is 331 g/mol. The molecule has 6 heteroatoms. The van der Waals surface area contributed by atoms with Crippen molar-refractivity contribution in [1.29, 1.82) is 0 Å². The molecule has 2 N–H and O–H groups in total. The zero-order valence-electron chi connectivity index (χ0n) is 15.8. The van der Waals surface area contributed by atoms with Crippen LogP contribution < -0.4 is 10.6 Å². The molecule has 1 heterocycles. The fourth-order valence-corrected chi connectivity index (χ4v) is 4.13. The number of halogens is 1. The van der Waals surface area contributed by atoms with E-state index in [0.717, 1.165) is 51.4 Å². The molecule has 0 bridgehead atoms. The number of rotatable bonds is 6. The average Bonchev–Trinajstić information content (AvgIpc) is 3.14. The van der Waals surface area contributed by atoms with Crippen molar-refractivity contribution >= 4 is 11.6 Å². The van der Waals surface area contributed by atoms with Gasteiger partial charge in [0, 0.05) is 52.1 Å². The maximum absolute atomic E-state index is 13.1. The van der Waals surface area contributed by atoms with E-state index >= 15 is 0 Å². The number of hydrogen-bond donors (Lipinski definition) is 1. The number of aliphatic imine (C=N–C) groups is 1. The summed E-state index contributed by atoms with van der Waals surface area (Å²) in [6, 6.07) is 6.70. The third-order valence-electron chi connectivity index (χ3n) is 5.87. The van der Waals surface area contributed by atoms with Crippen molar-refractivity contribution < 1.29 is 9.13 Å². The van der Waals surface area contributed by atoms with Gasteiger partial charge in [0.1, 0.15) is 5.82 Å². The van der Waals surface area contributed by atoms with E-state index in [2.05, 4.69) is 9.80 Å². The average molecular weight is 362 g/mol. The molecule has 1 aliphatic heterocycles. The summed E-state index contributed by atoms with van der Waals surface area (Å²) >= 11 is 0. The SMILES string of the molecule is COCCC1(CN=C(N)N2CCN(c3ccc(F)cc3)CC2)CCCC1. The lowest BCUT2D eigenvalue weighted by Crippen LogP contribution is -2.51. The van der Waals surface area contributed by atoms with Crippen molar-refractivity contribution in [3.63, 3.8) is 0 Å². The maximum Gasteiger partial charge on any atom is 0.191 e. The van der Waals surface area contributed by atoms with Gasteiger partial charge in [0.05, 0.1) is 0 Å². The second kappa shape index (κ2) is 8.71. The van der Waals surface area contributed by atoms with E-state index < -0.39 is 0 Å². The Morgan fingerprint density at radius 1 is 1.15 bits per heavy atom. The molecule has 0 unspecified atom stereocenters. The van der Waals surface area contributed by atoms with E-state index in [0.29, 0.717) is 5.96 Å². The molecule has 0 atom stereocenters. The molecule has 2 aliphatic rings. The highest BCUT2D eigenvalue weighted by molar-refractivity contribution is 5.78. The number of methoxy groups -OCH3 is 1. The van der Waals surface area contributed by atoms with Crippen LogP contribution >= 0.6 is 0 Å². The van der Waals surface area contributed by atoms with Gasteiger partial charge in [0.25, 0.3) is 0 Å². The number of piperazine rings is 1. The highest BCUT2D eigenvalue weighted by Gasteiger charge is 2.33. The Morgan fingerprint density at radius 2 is 1.81 bits per heavy atom. The molecule has 1 aliphatic carbocycles. The second-order valence-electron chi connectivity index (χ2n) is 7.57. The fourth-order valence-electron chi connectivity index (χ4n) is 4.13. The molecule has 0 amide bonds.